The first-order valence-corrected chi connectivity index (χ1v) is 9.38. The normalized spacial score (nSPS) is 11.7. The minimum absolute atomic E-state index is 0.386. The van der Waals surface area contributed by atoms with Crippen LogP contribution in [-0.4, -0.2) is 51.4 Å². The maximum atomic E-state index is 11.5. The number of ether oxygens (including phenoxy) is 2. The molecule has 0 saturated heterocycles. The van der Waals surface area contributed by atoms with E-state index in [1.807, 2.05) is 32.9 Å². The van der Waals surface area contributed by atoms with E-state index in [1.165, 1.54) is 5.56 Å². The van der Waals surface area contributed by atoms with Gasteiger partial charge in [-0.1, -0.05) is 12.1 Å². The summed E-state index contributed by atoms with van der Waals surface area (Å²) in [7, 11) is 3.42. The van der Waals surface area contributed by atoms with Gasteiger partial charge in [-0.3, -0.25) is 4.99 Å². The van der Waals surface area contributed by atoms with E-state index in [0.29, 0.717) is 13.1 Å². The summed E-state index contributed by atoms with van der Waals surface area (Å²) in [5.74, 6) is 1.64. The van der Waals surface area contributed by atoms with Crippen LogP contribution in [0.4, 0.5) is 4.79 Å². The molecule has 3 N–H and O–H groups in total. The summed E-state index contributed by atoms with van der Waals surface area (Å²) in [6.07, 6.45) is 2.40. The van der Waals surface area contributed by atoms with E-state index in [-0.39, 0.29) is 6.09 Å². The Balaban J connectivity index is 2.11. The van der Waals surface area contributed by atoms with E-state index in [9.17, 15) is 4.79 Å². The number of aliphatic imine (C=N–C) groups is 1. The van der Waals surface area contributed by atoms with Gasteiger partial charge in [0.15, 0.2) is 5.96 Å². The fourth-order valence-corrected chi connectivity index (χ4v) is 2.31. The fourth-order valence-electron chi connectivity index (χ4n) is 2.31. The van der Waals surface area contributed by atoms with Crippen molar-refractivity contribution in [3.8, 4) is 5.75 Å². The second kappa shape index (κ2) is 12.0. The van der Waals surface area contributed by atoms with Gasteiger partial charge in [0.1, 0.15) is 11.4 Å². The van der Waals surface area contributed by atoms with E-state index >= 15 is 0 Å². The molecule has 0 aliphatic rings. The molecule has 7 nitrogen and oxygen atoms in total. The van der Waals surface area contributed by atoms with E-state index in [0.717, 1.165) is 37.5 Å². The highest BCUT2D eigenvalue weighted by atomic mass is 16.6. The Hall–Kier alpha value is -2.44. The van der Waals surface area contributed by atoms with Crippen LogP contribution in [0, 0.1) is 0 Å². The van der Waals surface area contributed by atoms with Gasteiger partial charge in [-0.15, -0.1) is 0 Å². The predicted octanol–water partition coefficient (Wildman–Crippen LogP) is 2.71. The highest BCUT2D eigenvalue weighted by Crippen LogP contribution is 2.12. The van der Waals surface area contributed by atoms with Gasteiger partial charge in [0, 0.05) is 26.7 Å². The van der Waals surface area contributed by atoms with Crippen molar-refractivity contribution in [3.63, 3.8) is 0 Å². The summed E-state index contributed by atoms with van der Waals surface area (Å²) in [5, 5.41) is 9.27. The summed E-state index contributed by atoms with van der Waals surface area (Å²) in [5.41, 5.74) is 0.814. The van der Waals surface area contributed by atoms with Crippen molar-refractivity contribution >= 4 is 12.1 Å². The number of methoxy groups -OCH3 is 1. The molecule has 27 heavy (non-hydrogen) atoms. The van der Waals surface area contributed by atoms with Crippen molar-refractivity contribution in [1.29, 1.82) is 0 Å². The molecule has 0 heterocycles. The van der Waals surface area contributed by atoms with Gasteiger partial charge in [0.05, 0.1) is 7.11 Å². The standard InChI is InChI=1S/C20H34N4O3/c1-20(2,3)27-19(25)24-15-7-14-23-18(21-4)22-13-6-8-16-9-11-17(26-5)12-10-16/h9-12H,6-8,13-15H2,1-5H3,(H,24,25)(H2,21,22,23). The molecule has 1 amide bonds. The molecule has 0 radical (unpaired) electrons. The molecule has 0 saturated carbocycles. The van der Waals surface area contributed by atoms with Crippen molar-refractivity contribution in [1.82, 2.24) is 16.0 Å². The summed E-state index contributed by atoms with van der Waals surface area (Å²) < 4.78 is 10.4. The topological polar surface area (TPSA) is 84.0 Å². The van der Waals surface area contributed by atoms with E-state index in [2.05, 4.69) is 33.1 Å². The predicted molar refractivity (Wildman–Crippen MR) is 110 cm³/mol. The molecule has 0 spiro atoms. The van der Waals surface area contributed by atoms with Gasteiger partial charge in [0.25, 0.3) is 0 Å². The zero-order valence-electron chi connectivity index (χ0n) is 17.2. The quantitative estimate of drug-likeness (QED) is 0.350. The number of aryl methyl sites for hydroxylation is 1. The zero-order chi connectivity index (χ0) is 20.1. The molecule has 152 valence electrons. The first-order valence-electron chi connectivity index (χ1n) is 9.38. The number of amides is 1. The highest BCUT2D eigenvalue weighted by molar-refractivity contribution is 5.79. The second-order valence-corrected chi connectivity index (χ2v) is 7.16. The highest BCUT2D eigenvalue weighted by Gasteiger charge is 2.15. The number of guanidine groups is 1. The number of carbonyl (C=O) groups is 1. The lowest BCUT2D eigenvalue weighted by atomic mass is 10.1. The lowest BCUT2D eigenvalue weighted by Crippen LogP contribution is -2.39. The third-order valence-corrected chi connectivity index (χ3v) is 3.63. The largest absolute Gasteiger partial charge is 0.497 e. The number of rotatable bonds is 9. The van der Waals surface area contributed by atoms with Crippen LogP contribution >= 0.6 is 0 Å². The Morgan fingerprint density at radius 1 is 1.00 bits per heavy atom. The lowest BCUT2D eigenvalue weighted by Gasteiger charge is -2.19. The maximum Gasteiger partial charge on any atom is 0.407 e. The number of nitrogens with one attached hydrogen (secondary N) is 3. The summed E-state index contributed by atoms with van der Waals surface area (Å²) >= 11 is 0. The molecule has 0 aliphatic carbocycles. The van der Waals surface area contributed by atoms with Crippen LogP contribution in [0.3, 0.4) is 0 Å². The van der Waals surface area contributed by atoms with Crippen LogP contribution in [-0.2, 0) is 11.2 Å². The SMILES string of the molecule is CN=C(NCCCNC(=O)OC(C)(C)C)NCCCc1ccc(OC)cc1. The van der Waals surface area contributed by atoms with Gasteiger partial charge in [-0.2, -0.15) is 0 Å². The van der Waals surface area contributed by atoms with Crippen molar-refractivity contribution < 1.29 is 14.3 Å². The molecule has 1 aromatic carbocycles. The molecule has 0 fully saturated rings. The number of benzene rings is 1. The molecule has 0 bridgehead atoms. The Bertz CT molecular complexity index is 580. The van der Waals surface area contributed by atoms with E-state index < -0.39 is 5.60 Å². The maximum absolute atomic E-state index is 11.5. The van der Waals surface area contributed by atoms with E-state index in [4.69, 9.17) is 9.47 Å². The van der Waals surface area contributed by atoms with Gasteiger partial charge in [-0.05, 0) is 57.7 Å². The smallest absolute Gasteiger partial charge is 0.407 e. The Labute approximate surface area is 162 Å². The number of nitrogens with zero attached hydrogens (tertiary/aromatic N) is 1. The molecular formula is C20H34N4O3. The fraction of sp³-hybridized carbons (Fsp3) is 0.600. The minimum atomic E-state index is -0.472. The Kier molecular flexibility index (Phi) is 10.1. The first-order chi connectivity index (χ1) is 12.8. The molecule has 0 atom stereocenters. The number of hydrogen-bond donors (Lipinski definition) is 3. The molecule has 0 aliphatic heterocycles. The average Bonchev–Trinajstić information content (AvgIpc) is 2.62. The Morgan fingerprint density at radius 3 is 2.15 bits per heavy atom. The lowest BCUT2D eigenvalue weighted by molar-refractivity contribution is 0.0527. The van der Waals surface area contributed by atoms with Crippen LogP contribution in [0.15, 0.2) is 29.3 Å². The molecule has 1 aromatic rings. The molecule has 1 rings (SSSR count). The molecule has 0 aromatic heterocycles. The number of alkyl carbamates (subject to hydrolysis) is 1. The Morgan fingerprint density at radius 2 is 1.59 bits per heavy atom. The third-order valence-electron chi connectivity index (χ3n) is 3.63. The average molecular weight is 379 g/mol. The summed E-state index contributed by atoms with van der Waals surface area (Å²) in [6.45, 7) is 7.64. The molecular weight excluding hydrogens is 344 g/mol. The van der Waals surface area contributed by atoms with Crippen LogP contribution in [0.2, 0.25) is 0 Å². The van der Waals surface area contributed by atoms with Gasteiger partial charge in [0.2, 0.25) is 0 Å². The van der Waals surface area contributed by atoms with Crippen molar-refractivity contribution in [3.05, 3.63) is 29.8 Å². The molecule has 7 heteroatoms. The monoisotopic (exact) mass is 378 g/mol. The van der Waals surface area contributed by atoms with Crippen molar-refractivity contribution in [2.75, 3.05) is 33.8 Å². The zero-order valence-corrected chi connectivity index (χ0v) is 17.2. The van der Waals surface area contributed by atoms with E-state index in [1.54, 1.807) is 14.2 Å². The second-order valence-electron chi connectivity index (χ2n) is 7.16. The van der Waals surface area contributed by atoms with Gasteiger partial charge >= 0.3 is 6.09 Å². The number of carbonyl (C=O) groups excluding carboxylic acids is 1. The number of hydrogen-bond acceptors (Lipinski definition) is 4. The van der Waals surface area contributed by atoms with Crippen LogP contribution in [0.5, 0.6) is 5.75 Å². The summed E-state index contributed by atoms with van der Waals surface area (Å²) in [4.78, 5) is 15.7. The van der Waals surface area contributed by atoms with Gasteiger partial charge < -0.3 is 25.4 Å². The third kappa shape index (κ3) is 11.0. The van der Waals surface area contributed by atoms with Crippen molar-refractivity contribution in [2.24, 2.45) is 4.99 Å². The van der Waals surface area contributed by atoms with Crippen LogP contribution in [0.25, 0.3) is 0 Å². The molecule has 0 unspecified atom stereocenters. The van der Waals surface area contributed by atoms with Gasteiger partial charge in [-0.25, -0.2) is 4.79 Å². The minimum Gasteiger partial charge on any atom is -0.497 e. The first kappa shape index (κ1) is 22.6. The van der Waals surface area contributed by atoms with Crippen LogP contribution < -0.4 is 20.7 Å². The van der Waals surface area contributed by atoms with Crippen molar-refractivity contribution in [2.45, 2.75) is 45.6 Å². The van der Waals surface area contributed by atoms with Crippen LogP contribution in [0.1, 0.15) is 39.2 Å². The summed E-state index contributed by atoms with van der Waals surface area (Å²) in [6, 6.07) is 8.14.